The smallest absolute Gasteiger partial charge is 0.211 e. The van der Waals surface area contributed by atoms with Crippen LogP contribution in [0.2, 0.25) is 0 Å². The lowest BCUT2D eigenvalue weighted by atomic mass is 9.96. The molecule has 4 aromatic rings. The summed E-state index contributed by atoms with van der Waals surface area (Å²) in [6, 6.07) is 27.6. The van der Waals surface area contributed by atoms with Gasteiger partial charge in [-0.15, -0.1) is 10.2 Å². The third-order valence-corrected chi connectivity index (χ3v) is 3.72. The maximum absolute atomic E-state index is 8.49. The van der Waals surface area contributed by atoms with E-state index < -0.39 is 10.2 Å². The van der Waals surface area contributed by atoms with Crippen molar-refractivity contribution in [2.45, 2.75) is 0 Å². The maximum atomic E-state index is 8.49. The highest BCUT2D eigenvalue weighted by Crippen LogP contribution is 2.32. The molecule has 0 fully saturated rings. The highest BCUT2D eigenvalue weighted by molar-refractivity contribution is 6.06. The summed E-state index contributed by atoms with van der Waals surface area (Å²) in [5.74, 6) is 0. The van der Waals surface area contributed by atoms with Crippen LogP contribution in [0.25, 0.3) is 32.9 Å². The predicted molar refractivity (Wildman–Crippen MR) is 83.4 cm³/mol. The zero-order valence-corrected chi connectivity index (χ0v) is 13.8. The van der Waals surface area contributed by atoms with Gasteiger partial charge >= 0.3 is 0 Å². The number of benzene rings is 3. The van der Waals surface area contributed by atoms with Gasteiger partial charge in [-0.2, -0.15) is 0 Å². The molecule has 0 aliphatic heterocycles. The lowest BCUT2D eigenvalue weighted by Gasteiger charge is -2.17. The monoisotopic (exact) mass is 355 g/mol. The van der Waals surface area contributed by atoms with Crippen molar-refractivity contribution in [3.8, 4) is 11.1 Å². The predicted octanol–water partition coefficient (Wildman–Crippen LogP) is -0.282. The van der Waals surface area contributed by atoms with Crippen LogP contribution in [-0.4, -0.2) is 0 Å². The summed E-state index contributed by atoms with van der Waals surface area (Å²) < 4.78 is 34.0. The summed E-state index contributed by atoms with van der Waals surface area (Å²) in [7, 11) is -4.94. The Morgan fingerprint density at radius 3 is 1.44 bits per heavy atom. The van der Waals surface area contributed by atoms with Crippen molar-refractivity contribution in [2.75, 3.05) is 0 Å². The Balaban J connectivity index is 0.000000324. The lowest BCUT2D eigenvalue weighted by Crippen LogP contribution is -2.68. The fourth-order valence-electron chi connectivity index (χ4n) is 2.83. The van der Waals surface area contributed by atoms with Crippen LogP contribution in [0.5, 0.6) is 0 Å². The standard InChI is InChI=1S/C19H13N.ClHO4/c1-2-8-14(9-3-1)19-15-10-4-6-12-17(15)20-18-13-7-5-11-16(18)19;2-1(3,4)5/h1-13H;(H,2,3,4,5). The Kier molecular flexibility index (Phi) is 4.94. The third-order valence-electron chi connectivity index (χ3n) is 3.72. The highest BCUT2D eigenvalue weighted by atomic mass is 35.7. The number of hydrogen-bond donors (Lipinski definition) is 0. The molecule has 4 rings (SSSR count). The van der Waals surface area contributed by atoms with Crippen LogP contribution in [0.15, 0.2) is 78.9 Å². The van der Waals surface area contributed by atoms with Gasteiger partial charge in [-0.3, -0.25) is 0 Å². The minimum absolute atomic E-state index is 1.17. The van der Waals surface area contributed by atoms with E-state index in [2.05, 4.69) is 83.8 Å². The van der Waals surface area contributed by atoms with Crippen molar-refractivity contribution in [1.82, 2.24) is 0 Å². The molecule has 5 nitrogen and oxygen atoms in total. The number of hydrogen-bond acceptors (Lipinski definition) is 4. The van der Waals surface area contributed by atoms with E-state index in [0.29, 0.717) is 0 Å². The third kappa shape index (κ3) is 4.30. The molecule has 3 aromatic carbocycles. The van der Waals surface area contributed by atoms with E-state index >= 15 is 0 Å². The minimum atomic E-state index is -4.94. The molecule has 126 valence electrons. The molecule has 25 heavy (non-hydrogen) atoms. The molecule has 0 aliphatic carbocycles. The normalized spacial score (nSPS) is 11.2. The SMILES string of the molecule is [O-][Cl+3]([O-])([O-])[O-].c1ccc(-c2c3ccccc3[nH+]c3ccccc23)cc1. The molecule has 0 unspecified atom stereocenters. The first kappa shape index (κ1) is 17.3. The molecular weight excluding hydrogens is 342 g/mol. The zero-order chi connectivity index (χ0) is 17.9. The summed E-state index contributed by atoms with van der Waals surface area (Å²) in [6.45, 7) is 0. The van der Waals surface area contributed by atoms with Gasteiger partial charge in [-0.25, -0.2) is 23.6 Å². The Morgan fingerprint density at radius 1 is 0.560 bits per heavy atom. The van der Waals surface area contributed by atoms with Crippen molar-refractivity contribution in [3.05, 3.63) is 78.9 Å². The van der Waals surface area contributed by atoms with Crippen molar-refractivity contribution >= 4 is 21.8 Å². The molecule has 1 aromatic heterocycles. The van der Waals surface area contributed by atoms with Gasteiger partial charge < -0.3 is 0 Å². The minimum Gasteiger partial charge on any atom is -0.222 e. The number of para-hydroxylation sites is 2. The van der Waals surface area contributed by atoms with Crippen LogP contribution >= 0.6 is 0 Å². The Morgan fingerprint density at radius 2 is 0.960 bits per heavy atom. The molecule has 0 saturated carbocycles. The molecule has 0 amide bonds. The first-order valence-electron chi connectivity index (χ1n) is 7.43. The fraction of sp³-hybridized carbons (Fsp3) is 0. The fourth-order valence-corrected chi connectivity index (χ4v) is 2.83. The average molecular weight is 356 g/mol. The molecule has 0 spiro atoms. The quantitative estimate of drug-likeness (QED) is 0.437. The Bertz CT molecular complexity index is 940. The summed E-state index contributed by atoms with van der Waals surface area (Å²) >= 11 is 0. The van der Waals surface area contributed by atoms with Gasteiger partial charge in [-0.05, 0) is 17.7 Å². The van der Waals surface area contributed by atoms with E-state index in [9.17, 15) is 0 Å². The summed E-state index contributed by atoms with van der Waals surface area (Å²) in [5.41, 5.74) is 4.90. The van der Waals surface area contributed by atoms with Crippen molar-refractivity contribution in [1.29, 1.82) is 0 Å². The molecule has 0 radical (unpaired) electrons. The van der Waals surface area contributed by atoms with Gasteiger partial charge in [0.1, 0.15) is 0 Å². The van der Waals surface area contributed by atoms with Gasteiger partial charge in [0.25, 0.3) is 0 Å². The number of aromatic nitrogens is 1. The summed E-state index contributed by atoms with van der Waals surface area (Å²) in [4.78, 5) is 3.52. The molecule has 1 heterocycles. The van der Waals surface area contributed by atoms with Crippen molar-refractivity contribution in [2.24, 2.45) is 0 Å². The van der Waals surface area contributed by atoms with E-state index in [1.807, 2.05) is 0 Å². The molecular formula is C19H14ClNO4. The largest absolute Gasteiger partial charge is 0.222 e. The van der Waals surface area contributed by atoms with E-state index in [1.54, 1.807) is 0 Å². The second-order valence-corrected chi connectivity index (χ2v) is 6.09. The van der Waals surface area contributed by atoms with Crippen molar-refractivity contribution < 1.29 is 33.9 Å². The van der Waals surface area contributed by atoms with Gasteiger partial charge in [-0.1, -0.05) is 54.6 Å². The lowest BCUT2D eigenvalue weighted by molar-refractivity contribution is -2.00. The van der Waals surface area contributed by atoms with Gasteiger partial charge in [0.15, 0.2) is 0 Å². The highest BCUT2D eigenvalue weighted by Gasteiger charge is 2.14. The average Bonchev–Trinajstić information content (AvgIpc) is 2.59. The summed E-state index contributed by atoms with van der Waals surface area (Å²) in [5, 5.41) is 2.52. The van der Waals surface area contributed by atoms with Gasteiger partial charge in [0, 0.05) is 17.7 Å². The topological polar surface area (TPSA) is 106 Å². The van der Waals surface area contributed by atoms with Gasteiger partial charge in [0.05, 0.1) is 10.8 Å². The first-order chi connectivity index (χ1) is 11.9. The summed E-state index contributed by atoms with van der Waals surface area (Å²) in [6.07, 6.45) is 0. The zero-order valence-electron chi connectivity index (χ0n) is 13.0. The molecule has 0 saturated heterocycles. The van der Waals surface area contributed by atoms with Crippen LogP contribution in [0.3, 0.4) is 0 Å². The molecule has 0 atom stereocenters. The molecule has 6 heteroatoms. The number of nitrogens with one attached hydrogen (secondary N) is 1. The number of halogens is 1. The number of fused-ring (bicyclic) bond motifs is 2. The maximum Gasteiger partial charge on any atom is 0.211 e. The first-order valence-corrected chi connectivity index (χ1v) is 8.67. The van der Waals surface area contributed by atoms with Crippen LogP contribution in [0, 0.1) is 10.2 Å². The second-order valence-electron chi connectivity index (χ2n) is 5.34. The number of pyridine rings is 1. The molecule has 1 N–H and O–H groups in total. The van der Waals surface area contributed by atoms with E-state index in [0.717, 1.165) is 0 Å². The molecule has 0 aliphatic rings. The van der Waals surface area contributed by atoms with Crippen LogP contribution in [0.4, 0.5) is 0 Å². The van der Waals surface area contributed by atoms with Crippen LogP contribution in [-0.2, 0) is 0 Å². The van der Waals surface area contributed by atoms with E-state index in [4.69, 9.17) is 18.6 Å². The molecule has 0 bridgehead atoms. The van der Waals surface area contributed by atoms with Gasteiger partial charge in [0.2, 0.25) is 11.0 Å². The Hall–Kier alpha value is -2.54. The van der Waals surface area contributed by atoms with E-state index in [1.165, 1.54) is 32.9 Å². The second kappa shape index (κ2) is 7.14. The Labute approximate surface area is 146 Å². The number of rotatable bonds is 1. The van der Waals surface area contributed by atoms with E-state index in [-0.39, 0.29) is 0 Å². The van der Waals surface area contributed by atoms with Crippen molar-refractivity contribution in [3.63, 3.8) is 0 Å². The van der Waals surface area contributed by atoms with Crippen LogP contribution < -0.4 is 23.6 Å². The van der Waals surface area contributed by atoms with Crippen LogP contribution in [0.1, 0.15) is 0 Å². The number of H-pyrrole nitrogens is 1. The number of aromatic amines is 1.